The van der Waals surface area contributed by atoms with Crippen molar-refractivity contribution in [2.75, 3.05) is 26.2 Å². The molecular formula is C23H34Cl2FN3O3. The first-order valence-corrected chi connectivity index (χ1v) is 12.9. The first-order chi connectivity index (χ1) is 15.2. The van der Waals surface area contributed by atoms with Crippen molar-refractivity contribution in [1.82, 2.24) is 14.7 Å². The minimum Gasteiger partial charge on any atom is -0.342 e. The lowest BCUT2D eigenvalue weighted by atomic mass is 9.85. The van der Waals surface area contributed by atoms with Gasteiger partial charge in [0.05, 0.1) is 6.04 Å². The smallest absolute Gasteiger partial charge is 0.246 e. The third-order valence-corrected chi connectivity index (χ3v) is 8.67. The maximum absolute atomic E-state index is 14.8. The van der Waals surface area contributed by atoms with Crippen LogP contribution in [-0.2, 0) is 14.4 Å². The predicted octanol–water partition coefficient (Wildman–Crippen LogP) is 3.19. The molecule has 0 bridgehead atoms. The third kappa shape index (κ3) is 5.19. The molecule has 0 aromatic heterocycles. The van der Waals surface area contributed by atoms with Crippen LogP contribution in [0.1, 0.15) is 58.3 Å². The van der Waals surface area contributed by atoms with Crippen molar-refractivity contribution in [3.63, 3.8) is 0 Å². The standard InChI is InChI=1S/C23H34Cl2FN3O3/c1-14(30)27-10-16(11-27)8-21-23(32)29(20-7-6-18(25)9-19(20)26)13-22(31)28(21)12-15-2-4-17(24)5-3-15/h15-21H,2-13H2,1H3. The molecule has 4 fully saturated rings. The van der Waals surface area contributed by atoms with Gasteiger partial charge in [0.15, 0.2) is 0 Å². The summed E-state index contributed by atoms with van der Waals surface area (Å²) in [6, 6.07) is -1.15. The molecule has 0 radical (unpaired) electrons. The normalized spacial score (nSPS) is 36.9. The van der Waals surface area contributed by atoms with Gasteiger partial charge in [-0.25, -0.2) is 4.39 Å². The Labute approximate surface area is 199 Å². The summed E-state index contributed by atoms with van der Waals surface area (Å²) in [5.74, 6) is 0.317. The second-order valence-corrected chi connectivity index (χ2v) is 11.4. The molecule has 4 aliphatic rings. The molecule has 0 aromatic carbocycles. The van der Waals surface area contributed by atoms with Crippen molar-refractivity contribution in [3.8, 4) is 0 Å². The fourth-order valence-electron chi connectivity index (χ4n) is 5.83. The summed E-state index contributed by atoms with van der Waals surface area (Å²) in [6.07, 6.45) is 4.45. The maximum Gasteiger partial charge on any atom is 0.246 e. The predicted molar refractivity (Wildman–Crippen MR) is 121 cm³/mol. The Balaban J connectivity index is 1.48. The molecule has 4 rings (SSSR count). The summed E-state index contributed by atoms with van der Waals surface area (Å²) in [5.41, 5.74) is 0. The lowest BCUT2D eigenvalue weighted by Gasteiger charge is -2.49. The Morgan fingerprint density at radius 2 is 1.66 bits per heavy atom. The second-order valence-electron chi connectivity index (χ2n) is 10.2. The van der Waals surface area contributed by atoms with Crippen molar-refractivity contribution in [2.45, 2.75) is 87.3 Å². The lowest BCUT2D eigenvalue weighted by molar-refractivity contribution is -0.163. The highest BCUT2D eigenvalue weighted by Gasteiger charge is 2.47. The van der Waals surface area contributed by atoms with Gasteiger partial charge in [-0.3, -0.25) is 14.4 Å². The summed E-state index contributed by atoms with van der Waals surface area (Å²) in [4.78, 5) is 43.5. The Kier molecular flexibility index (Phi) is 7.55. The monoisotopic (exact) mass is 489 g/mol. The number of rotatable bonds is 5. The number of amides is 3. The third-order valence-electron chi connectivity index (χ3n) is 7.84. The summed E-state index contributed by atoms with van der Waals surface area (Å²) in [6.45, 7) is 3.27. The minimum atomic E-state index is -1.20. The molecule has 3 amide bonds. The maximum atomic E-state index is 14.8. The first kappa shape index (κ1) is 24.1. The molecule has 2 saturated carbocycles. The Hall–Kier alpha value is -1.08. The van der Waals surface area contributed by atoms with Gasteiger partial charge >= 0.3 is 0 Å². The van der Waals surface area contributed by atoms with E-state index in [4.69, 9.17) is 23.2 Å². The Morgan fingerprint density at radius 1 is 1.00 bits per heavy atom. The number of likely N-dealkylation sites (tertiary alicyclic amines) is 1. The molecule has 0 spiro atoms. The average Bonchev–Trinajstić information content (AvgIpc) is 2.70. The van der Waals surface area contributed by atoms with Crippen molar-refractivity contribution < 1.29 is 18.8 Å². The molecule has 0 N–H and O–H groups in total. The highest BCUT2D eigenvalue weighted by molar-refractivity contribution is 6.20. The van der Waals surface area contributed by atoms with Gasteiger partial charge in [0.1, 0.15) is 18.8 Å². The van der Waals surface area contributed by atoms with Crippen LogP contribution in [0.4, 0.5) is 4.39 Å². The average molecular weight is 490 g/mol. The van der Waals surface area contributed by atoms with Crippen LogP contribution in [0.25, 0.3) is 0 Å². The van der Waals surface area contributed by atoms with E-state index in [-0.39, 0.29) is 47.4 Å². The van der Waals surface area contributed by atoms with Crippen LogP contribution >= 0.6 is 23.2 Å². The van der Waals surface area contributed by atoms with Gasteiger partial charge < -0.3 is 14.7 Å². The van der Waals surface area contributed by atoms with E-state index < -0.39 is 18.3 Å². The van der Waals surface area contributed by atoms with E-state index in [1.807, 2.05) is 0 Å². The van der Waals surface area contributed by atoms with E-state index in [9.17, 15) is 18.8 Å². The number of carbonyl (C=O) groups is 3. The van der Waals surface area contributed by atoms with E-state index in [1.54, 1.807) is 16.7 Å². The largest absolute Gasteiger partial charge is 0.342 e. The molecule has 2 aliphatic heterocycles. The SMILES string of the molecule is CC(=O)N1CC(CC2C(=O)N(C3CCC(Cl)CC3F)CC(=O)N2CC2CCC(Cl)CC2)C1. The van der Waals surface area contributed by atoms with Gasteiger partial charge in [-0.1, -0.05) is 0 Å². The van der Waals surface area contributed by atoms with Crippen LogP contribution in [0.5, 0.6) is 0 Å². The van der Waals surface area contributed by atoms with Gasteiger partial charge in [-0.15, -0.1) is 23.2 Å². The zero-order valence-corrected chi connectivity index (χ0v) is 20.2. The molecule has 9 heteroatoms. The molecule has 32 heavy (non-hydrogen) atoms. The zero-order valence-electron chi connectivity index (χ0n) is 18.7. The summed E-state index contributed by atoms with van der Waals surface area (Å²) >= 11 is 12.4. The first-order valence-electron chi connectivity index (χ1n) is 12.0. The quantitative estimate of drug-likeness (QED) is 0.557. The van der Waals surface area contributed by atoms with Crippen molar-refractivity contribution in [2.24, 2.45) is 11.8 Å². The molecule has 4 unspecified atom stereocenters. The van der Waals surface area contributed by atoms with Crippen molar-refractivity contribution >= 4 is 40.9 Å². The van der Waals surface area contributed by atoms with Crippen LogP contribution < -0.4 is 0 Å². The molecule has 180 valence electrons. The number of halogens is 3. The number of nitrogens with zero attached hydrogens (tertiary/aromatic N) is 3. The topological polar surface area (TPSA) is 60.9 Å². The molecule has 6 nitrogen and oxygen atoms in total. The van der Waals surface area contributed by atoms with Gasteiger partial charge in [-0.2, -0.15) is 0 Å². The van der Waals surface area contributed by atoms with Gasteiger partial charge in [0, 0.05) is 37.3 Å². The van der Waals surface area contributed by atoms with E-state index in [1.165, 1.54) is 4.90 Å². The number of hydrogen-bond donors (Lipinski definition) is 0. The fourth-order valence-corrected chi connectivity index (χ4v) is 6.38. The molecule has 4 atom stereocenters. The number of carbonyl (C=O) groups excluding carboxylic acids is 3. The van der Waals surface area contributed by atoms with E-state index in [2.05, 4.69) is 0 Å². The minimum absolute atomic E-state index is 0.0294. The lowest BCUT2D eigenvalue weighted by Crippen LogP contribution is -2.66. The van der Waals surface area contributed by atoms with Crippen molar-refractivity contribution in [3.05, 3.63) is 0 Å². The number of piperazine rings is 1. The van der Waals surface area contributed by atoms with Crippen LogP contribution in [0.15, 0.2) is 0 Å². The van der Waals surface area contributed by atoms with Crippen LogP contribution in [0, 0.1) is 11.8 Å². The Morgan fingerprint density at radius 3 is 2.28 bits per heavy atom. The number of hydrogen-bond acceptors (Lipinski definition) is 3. The van der Waals surface area contributed by atoms with Gasteiger partial charge in [-0.05, 0) is 63.2 Å². The highest BCUT2D eigenvalue weighted by atomic mass is 35.5. The molecule has 2 heterocycles. The molecule has 2 saturated heterocycles. The van der Waals surface area contributed by atoms with E-state index in [0.717, 1.165) is 25.7 Å². The van der Waals surface area contributed by atoms with E-state index in [0.29, 0.717) is 44.8 Å². The fraction of sp³-hybridized carbons (Fsp3) is 0.870. The van der Waals surface area contributed by atoms with Crippen molar-refractivity contribution in [1.29, 1.82) is 0 Å². The van der Waals surface area contributed by atoms with Crippen LogP contribution in [-0.4, -0.2) is 87.6 Å². The Bertz CT molecular complexity index is 727. The zero-order chi connectivity index (χ0) is 23.0. The summed E-state index contributed by atoms with van der Waals surface area (Å²) in [5, 5.41) is -0.0175. The van der Waals surface area contributed by atoms with E-state index >= 15 is 0 Å². The number of alkyl halides is 3. The molecular weight excluding hydrogens is 456 g/mol. The van der Waals surface area contributed by atoms with Crippen LogP contribution in [0.2, 0.25) is 0 Å². The van der Waals surface area contributed by atoms with Crippen LogP contribution in [0.3, 0.4) is 0 Å². The molecule has 2 aliphatic carbocycles. The molecule has 0 aromatic rings. The summed E-state index contributed by atoms with van der Waals surface area (Å²) < 4.78 is 14.8. The summed E-state index contributed by atoms with van der Waals surface area (Å²) in [7, 11) is 0. The van der Waals surface area contributed by atoms with Gasteiger partial charge in [0.2, 0.25) is 17.7 Å². The van der Waals surface area contributed by atoms with Gasteiger partial charge in [0.25, 0.3) is 0 Å². The highest BCUT2D eigenvalue weighted by Crippen LogP contribution is 2.35. The second kappa shape index (κ2) is 10.0.